The van der Waals surface area contributed by atoms with Gasteiger partial charge in [0.05, 0.1) is 0 Å². The van der Waals surface area contributed by atoms with Crippen LogP contribution in [-0.2, 0) is 9.47 Å². The predicted octanol–water partition coefficient (Wildman–Crippen LogP) is 2.02. The van der Waals surface area contributed by atoms with Gasteiger partial charge < -0.3 is 9.47 Å². The summed E-state index contributed by atoms with van der Waals surface area (Å²) in [5.74, 6) is -5.16. The van der Waals surface area contributed by atoms with E-state index in [1.807, 2.05) is 0 Å². The number of rotatable bonds is 2. The molecular formula is C5H2F6O3. The number of cyclic esters (lactones) is 2. The van der Waals surface area contributed by atoms with Gasteiger partial charge in [-0.3, -0.25) is 0 Å². The van der Waals surface area contributed by atoms with Crippen molar-refractivity contribution in [2.45, 2.75) is 24.6 Å². The fourth-order valence-electron chi connectivity index (χ4n) is 0.771. The van der Waals surface area contributed by atoms with Gasteiger partial charge in [-0.25, -0.2) is 13.6 Å². The summed E-state index contributed by atoms with van der Waals surface area (Å²) in [7, 11) is 0. The molecule has 1 saturated heterocycles. The van der Waals surface area contributed by atoms with Crippen molar-refractivity contribution in [2.75, 3.05) is 0 Å². The molecule has 0 aromatic carbocycles. The van der Waals surface area contributed by atoms with Gasteiger partial charge in [-0.2, -0.15) is 17.6 Å². The molecule has 1 unspecified atom stereocenters. The number of carbonyl (C=O) groups excluding carboxylic acids is 1. The van der Waals surface area contributed by atoms with Gasteiger partial charge in [0, 0.05) is 0 Å². The fourth-order valence-corrected chi connectivity index (χ4v) is 0.771. The van der Waals surface area contributed by atoms with E-state index in [0.29, 0.717) is 0 Å². The summed E-state index contributed by atoms with van der Waals surface area (Å²) in [4.78, 5) is 10.0. The molecule has 1 rings (SSSR count). The summed E-state index contributed by atoms with van der Waals surface area (Å²) in [6, 6.07) is 0. The highest BCUT2D eigenvalue weighted by molar-refractivity contribution is 5.63. The summed E-state index contributed by atoms with van der Waals surface area (Å²) in [6.45, 7) is 0. The highest BCUT2D eigenvalue weighted by Gasteiger charge is 2.69. The Hall–Kier alpha value is -1.15. The van der Waals surface area contributed by atoms with E-state index in [-0.39, 0.29) is 0 Å². The maximum absolute atomic E-state index is 12.3. The first-order chi connectivity index (χ1) is 6.18. The number of halogens is 6. The maximum atomic E-state index is 12.3. The lowest BCUT2D eigenvalue weighted by Gasteiger charge is -2.22. The first-order valence-corrected chi connectivity index (χ1v) is 3.11. The van der Waals surface area contributed by atoms with Crippen LogP contribution in [0.2, 0.25) is 0 Å². The summed E-state index contributed by atoms with van der Waals surface area (Å²) in [5.41, 5.74) is 0. The average molecular weight is 224 g/mol. The molecule has 0 spiro atoms. The van der Waals surface area contributed by atoms with E-state index >= 15 is 0 Å². The molecule has 1 aliphatic rings. The molecule has 0 N–H and O–H groups in total. The van der Waals surface area contributed by atoms with Gasteiger partial charge in [0.15, 0.2) is 0 Å². The molecule has 0 radical (unpaired) electrons. The van der Waals surface area contributed by atoms with Crippen molar-refractivity contribution < 1.29 is 40.6 Å². The highest BCUT2D eigenvalue weighted by atomic mass is 19.3. The van der Waals surface area contributed by atoms with Crippen LogP contribution in [0.25, 0.3) is 0 Å². The Kier molecular flexibility index (Phi) is 2.28. The van der Waals surface area contributed by atoms with Crippen LogP contribution in [-0.4, -0.2) is 30.7 Å². The van der Waals surface area contributed by atoms with Gasteiger partial charge in [-0.1, -0.05) is 0 Å². The summed E-state index contributed by atoms with van der Waals surface area (Å²) in [5, 5.41) is 0. The van der Waals surface area contributed by atoms with Crippen LogP contribution in [0.15, 0.2) is 0 Å². The van der Waals surface area contributed by atoms with Crippen LogP contribution in [0.4, 0.5) is 31.1 Å². The van der Waals surface area contributed by atoms with E-state index < -0.39 is 30.7 Å². The number of ether oxygens (including phenoxy) is 2. The zero-order valence-corrected chi connectivity index (χ0v) is 6.15. The molecule has 1 heterocycles. The van der Waals surface area contributed by atoms with Crippen molar-refractivity contribution in [3.05, 3.63) is 0 Å². The molecule has 3 nitrogen and oxygen atoms in total. The van der Waals surface area contributed by atoms with Crippen molar-refractivity contribution in [3.63, 3.8) is 0 Å². The van der Waals surface area contributed by atoms with Crippen molar-refractivity contribution in [1.29, 1.82) is 0 Å². The second-order valence-electron chi connectivity index (χ2n) is 2.39. The third-order valence-electron chi connectivity index (χ3n) is 1.38. The Balaban J connectivity index is 2.93. The monoisotopic (exact) mass is 224 g/mol. The fraction of sp³-hybridized carbons (Fsp3) is 0.800. The van der Waals surface area contributed by atoms with Crippen LogP contribution >= 0.6 is 0 Å². The third kappa shape index (κ3) is 1.58. The number of hydrogen-bond acceptors (Lipinski definition) is 3. The van der Waals surface area contributed by atoms with Crippen LogP contribution in [0.5, 0.6) is 0 Å². The molecule has 1 fully saturated rings. The van der Waals surface area contributed by atoms with Crippen LogP contribution in [0.1, 0.15) is 0 Å². The van der Waals surface area contributed by atoms with Gasteiger partial charge in [-0.05, 0) is 0 Å². The molecule has 0 saturated carbocycles. The van der Waals surface area contributed by atoms with Crippen molar-refractivity contribution in [3.8, 4) is 0 Å². The molecule has 0 aromatic rings. The normalized spacial score (nSPS) is 26.2. The second kappa shape index (κ2) is 2.92. The smallest absolute Gasteiger partial charge is 0.413 e. The Morgan fingerprint density at radius 1 is 1.36 bits per heavy atom. The zero-order chi connectivity index (χ0) is 11.1. The molecular weight excluding hydrogens is 222 g/mol. The predicted molar refractivity (Wildman–Crippen MR) is 27.3 cm³/mol. The molecule has 0 amide bonds. The van der Waals surface area contributed by atoms with E-state index in [0.717, 1.165) is 0 Å². The minimum absolute atomic E-state index is 2.11. The van der Waals surface area contributed by atoms with Gasteiger partial charge >= 0.3 is 24.6 Å². The van der Waals surface area contributed by atoms with Gasteiger partial charge in [0.1, 0.15) is 0 Å². The van der Waals surface area contributed by atoms with Crippen molar-refractivity contribution in [1.82, 2.24) is 0 Å². The standard InChI is InChI=1S/C5H2F6O3/c6-2(7)4(8,9)1-5(10,11)14-3(12)13-1/h1-2H. The molecule has 0 bridgehead atoms. The highest BCUT2D eigenvalue weighted by Crippen LogP contribution is 2.42. The molecule has 0 aromatic heterocycles. The van der Waals surface area contributed by atoms with Crippen LogP contribution in [0, 0.1) is 0 Å². The number of alkyl halides is 6. The van der Waals surface area contributed by atoms with Crippen LogP contribution < -0.4 is 0 Å². The molecule has 0 aliphatic carbocycles. The number of carbonyl (C=O) groups is 1. The molecule has 1 aliphatic heterocycles. The van der Waals surface area contributed by atoms with Gasteiger partial charge in [0.2, 0.25) is 0 Å². The molecule has 14 heavy (non-hydrogen) atoms. The maximum Gasteiger partial charge on any atom is 0.513 e. The summed E-state index contributed by atoms with van der Waals surface area (Å²) in [6.07, 6.45) is -14.8. The third-order valence-corrected chi connectivity index (χ3v) is 1.38. The first kappa shape index (κ1) is 10.9. The minimum Gasteiger partial charge on any atom is -0.413 e. The minimum atomic E-state index is -5.16. The lowest BCUT2D eigenvalue weighted by atomic mass is 10.2. The Morgan fingerprint density at radius 3 is 2.14 bits per heavy atom. The summed E-state index contributed by atoms with van der Waals surface area (Å²) >= 11 is 0. The Labute approximate surface area is 72.6 Å². The van der Waals surface area contributed by atoms with Gasteiger partial charge in [0.25, 0.3) is 6.10 Å². The van der Waals surface area contributed by atoms with Crippen molar-refractivity contribution in [2.24, 2.45) is 0 Å². The SMILES string of the molecule is O=C1OC(C(F)(F)C(F)F)C(F)(F)O1. The van der Waals surface area contributed by atoms with Crippen LogP contribution in [0.3, 0.4) is 0 Å². The second-order valence-corrected chi connectivity index (χ2v) is 2.39. The topological polar surface area (TPSA) is 35.5 Å². The molecule has 82 valence electrons. The summed E-state index contributed by atoms with van der Waals surface area (Å²) < 4.78 is 78.8. The number of hydrogen-bond donors (Lipinski definition) is 0. The largest absolute Gasteiger partial charge is 0.513 e. The lowest BCUT2D eigenvalue weighted by Crippen LogP contribution is -2.49. The van der Waals surface area contributed by atoms with E-state index in [1.165, 1.54) is 0 Å². The van der Waals surface area contributed by atoms with E-state index in [2.05, 4.69) is 9.47 Å². The zero-order valence-electron chi connectivity index (χ0n) is 6.15. The Bertz CT molecular complexity index is 252. The Morgan fingerprint density at radius 2 is 1.86 bits per heavy atom. The van der Waals surface area contributed by atoms with Gasteiger partial charge in [-0.15, -0.1) is 0 Å². The van der Waals surface area contributed by atoms with E-state index in [1.54, 1.807) is 0 Å². The molecule has 9 heteroatoms. The quantitative estimate of drug-likeness (QED) is 0.531. The molecule has 1 atom stereocenters. The lowest BCUT2D eigenvalue weighted by molar-refractivity contribution is -0.278. The van der Waals surface area contributed by atoms with E-state index in [4.69, 9.17) is 0 Å². The average Bonchev–Trinajstić information content (AvgIpc) is 2.24. The van der Waals surface area contributed by atoms with E-state index in [9.17, 15) is 31.1 Å². The first-order valence-electron chi connectivity index (χ1n) is 3.11. The van der Waals surface area contributed by atoms with Crippen molar-refractivity contribution >= 4 is 6.16 Å².